The average Bonchev–Trinajstić information content (AvgIpc) is 3.09. The molecule has 1 aliphatic heterocycles. The minimum absolute atomic E-state index is 0.162. The molecule has 1 fully saturated rings. The summed E-state index contributed by atoms with van der Waals surface area (Å²) in [7, 11) is 0. The van der Waals surface area contributed by atoms with Gasteiger partial charge in [0, 0.05) is 56.6 Å². The molecule has 0 aromatic carbocycles. The molecule has 0 aliphatic carbocycles. The minimum atomic E-state index is 0.162. The van der Waals surface area contributed by atoms with E-state index in [-0.39, 0.29) is 5.91 Å². The summed E-state index contributed by atoms with van der Waals surface area (Å²) in [5.41, 5.74) is 2.98. The second-order valence-electron chi connectivity index (χ2n) is 6.69. The molecule has 1 amide bonds. The van der Waals surface area contributed by atoms with Gasteiger partial charge in [-0.2, -0.15) is 5.10 Å². The van der Waals surface area contributed by atoms with Gasteiger partial charge in [0.05, 0.1) is 18.3 Å². The Morgan fingerprint density at radius 3 is 2.76 bits per heavy atom. The second-order valence-corrected chi connectivity index (χ2v) is 6.69. The zero-order valence-corrected chi connectivity index (χ0v) is 15.4. The molecule has 1 aliphatic rings. The van der Waals surface area contributed by atoms with Crippen LogP contribution in [0.25, 0.3) is 0 Å². The maximum atomic E-state index is 12.7. The third-order valence-corrected chi connectivity index (χ3v) is 4.87. The van der Waals surface area contributed by atoms with Gasteiger partial charge >= 0.3 is 0 Å². The van der Waals surface area contributed by atoms with Crippen molar-refractivity contribution < 1.29 is 9.32 Å². The lowest BCUT2D eigenvalue weighted by Crippen LogP contribution is -2.36. The highest BCUT2D eigenvalue weighted by Crippen LogP contribution is 2.15. The predicted molar refractivity (Wildman–Crippen MR) is 94.1 cm³/mol. The van der Waals surface area contributed by atoms with E-state index in [1.165, 1.54) is 5.56 Å². The lowest BCUT2D eigenvalue weighted by Gasteiger charge is -2.21. The molecule has 0 radical (unpaired) electrons. The largest absolute Gasteiger partial charge is 0.361 e. The smallest absolute Gasteiger partial charge is 0.227 e. The number of nitrogens with zero attached hydrogens (tertiary/aromatic N) is 5. The van der Waals surface area contributed by atoms with Crippen molar-refractivity contribution in [1.82, 2.24) is 24.7 Å². The Labute approximate surface area is 148 Å². The third kappa shape index (κ3) is 4.28. The topological polar surface area (TPSA) is 67.4 Å². The van der Waals surface area contributed by atoms with Crippen LogP contribution in [0.2, 0.25) is 0 Å². The first-order valence-electron chi connectivity index (χ1n) is 9.00. The van der Waals surface area contributed by atoms with Gasteiger partial charge in [0.25, 0.3) is 0 Å². The standard InChI is InChI=1S/C18H27N5O2/c1-4-23-13-16(11-19-23)12-21-6-5-7-22(9-8-21)18(24)10-17-14(2)20-25-15(17)3/h11,13H,4-10,12H2,1-3H3. The van der Waals surface area contributed by atoms with Crippen LogP contribution in [-0.4, -0.2) is 56.8 Å². The van der Waals surface area contributed by atoms with Gasteiger partial charge in [-0.15, -0.1) is 0 Å². The fourth-order valence-corrected chi connectivity index (χ4v) is 3.31. The van der Waals surface area contributed by atoms with Crippen LogP contribution >= 0.6 is 0 Å². The number of carbonyl (C=O) groups excluding carboxylic acids is 1. The van der Waals surface area contributed by atoms with Gasteiger partial charge in [0.1, 0.15) is 5.76 Å². The summed E-state index contributed by atoms with van der Waals surface area (Å²) < 4.78 is 7.12. The first-order chi connectivity index (χ1) is 12.1. The summed E-state index contributed by atoms with van der Waals surface area (Å²) in [5, 5.41) is 8.27. The van der Waals surface area contributed by atoms with Crippen LogP contribution in [0.15, 0.2) is 16.9 Å². The minimum Gasteiger partial charge on any atom is -0.361 e. The second kappa shape index (κ2) is 7.82. The fourth-order valence-electron chi connectivity index (χ4n) is 3.31. The van der Waals surface area contributed by atoms with E-state index in [1.54, 1.807) is 0 Å². The molecule has 7 nitrogen and oxygen atoms in total. The van der Waals surface area contributed by atoms with Crippen molar-refractivity contribution in [3.63, 3.8) is 0 Å². The number of hydrogen-bond donors (Lipinski definition) is 0. The van der Waals surface area contributed by atoms with Crippen molar-refractivity contribution >= 4 is 5.91 Å². The Balaban J connectivity index is 1.55. The molecule has 3 rings (SSSR count). The van der Waals surface area contributed by atoms with Crippen LogP contribution in [0, 0.1) is 13.8 Å². The fraction of sp³-hybridized carbons (Fsp3) is 0.611. The molecule has 3 heterocycles. The highest BCUT2D eigenvalue weighted by atomic mass is 16.5. The van der Waals surface area contributed by atoms with Crippen molar-refractivity contribution in [3.8, 4) is 0 Å². The quantitative estimate of drug-likeness (QED) is 0.826. The molecule has 136 valence electrons. The van der Waals surface area contributed by atoms with E-state index in [0.717, 1.165) is 62.7 Å². The van der Waals surface area contributed by atoms with Gasteiger partial charge in [-0.3, -0.25) is 14.4 Å². The Bertz CT molecular complexity index is 701. The monoisotopic (exact) mass is 345 g/mol. The van der Waals surface area contributed by atoms with E-state index in [2.05, 4.69) is 28.3 Å². The van der Waals surface area contributed by atoms with Gasteiger partial charge in [-0.1, -0.05) is 5.16 Å². The van der Waals surface area contributed by atoms with E-state index in [4.69, 9.17) is 4.52 Å². The molecule has 2 aromatic heterocycles. The van der Waals surface area contributed by atoms with E-state index in [1.807, 2.05) is 29.6 Å². The van der Waals surface area contributed by atoms with Crippen LogP contribution in [0.4, 0.5) is 0 Å². The molecule has 7 heteroatoms. The van der Waals surface area contributed by atoms with Gasteiger partial charge < -0.3 is 9.42 Å². The molecular formula is C18H27N5O2. The van der Waals surface area contributed by atoms with Crippen LogP contribution in [0.1, 0.15) is 35.9 Å². The third-order valence-electron chi connectivity index (χ3n) is 4.87. The maximum Gasteiger partial charge on any atom is 0.227 e. The van der Waals surface area contributed by atoms with E-state index in [0.29, 0.717) is 6.42 Å². The first-order valence-corrected chi connectivity index (χ1v) is 9.00. The highest BCUT2D eigenvalue weighted by molar-refractivity contribution is 5.79. The molecule has 0 N–H and O–H groups in total. The molecule has 0 spiro atoms. The summed E-state index contributed by atoms with van der Waals surface area (Å²) in [6.07, 6.45) is 5.42. The average molecular weight is 345 g/mol. The number of rotatable bonds is 5. The molecule has 0 saturated carbocycles. The highest BCUT2D eigenvalue weighted by Gasteiger charge is 2.22. The van der Waals surface area contributed by atoms with Crippen molar-refractivity contribution in [3.05, 3.63) is 35.0 Å². The summed E-state index contributed by atoms with van der Waals surface area (Å²) >= 11 is 0. The van der Waals surface area contributed by atoms with Gasteiger partial charge in [0.2, 0.25) is 5.91 Å². The molecule has 1 saturated heterocycles. The van der Waals surface area contributed by atoms with Crippen molar-refractivity contribution in [2.45, 2.75) is 46.7 Å². The molecule has 2 aromatic rings. The number of amides is 1. The molecule has 0 bridgehead atoms. The van der Waals surface area contributed by atoms with E-state index < -0.39 is 0 Å². The van der Waals surface area contributed by atoms with Crippen molar-refractivity contribution in [1.29, 1.82) is 0 Å². The number of aromatic nitrogens is 3. The lowest BCUT2D eigenvalue weighted by molar-refractivity contribution is -0.130. The maximum absolute atomic E-state index is 12.7. The van der Waals surface area contributed by atoms with Crippen molar-refractivity contribution in [2.24, 2.45) is 0 Å². The first kappa shape index (κ1) is 17.7. The van der Waals surface area contributed by atoms with Crippen LogP contribution in [0.3, 0.4) is 0 Å². The Morgan fingerprint density at radius 2 is 2.08 bits per heavy atom. The van der Waals surface area contributed by atoms with Gasteiger partial charge in [-0.25, -0.2) is 0 Å². The summed E-state index contributed by atoms with van der Waals surface area (Å²) in [6.45, 7) is 11.1. The molecule has 25 heavy (non-hydrogen) atoms. The number of carbonyl (C=O) groups is 1. The number of aryl methyl sites for hydroxylation is 3. The Morgan fingerprint density at radius 1 is 1.24 bits per heavy atom. The van der Waals surface area contributed by atoms with Gasteiger partial charge in [-0.05, 0) is 27.2 Å². The summed E-state index contributed by atoms with van der Waals surface area (Å²) in [4.78, 5) is 17.0. The zero-order chi connectivity index (χ0) is 17.8. The summed E-state index contributed by atoms with van der Waals surface area (Å²) in [5.74, 6) is 0.908. The van der Waals surface area contributed by atoms with E-state index in [9.17, 15) is 4.79 Å². The van der Waals surface area contributed by atoms with Gasteiger partial charge in [0.15, 0.2) is 0 Å². The Hall–Kier alpha value is -2.15. The van der Waals surface area contributed by atoms with E-state index >= 15 is 0 Å². The zero-order valence-electron chi connectivity index (χ0n) is 15.4. The van der Waals surface area contributed by atoms with Crippen LogP contribution < -0.4 is 0 Å². The normalized spacial score (nSPS) is 16.2. The lowest BCUT2D eigenvalue weighted by atomic mass is 10.1. The predicted octanol–water partition coefficient (Wildman–Crippen LogP) is 1.78. The van der Waals surface area contributed by atoms with Crippen molar-refractivity contribution in [2.75, 3.05) is 26.2 Å². The molecular weight excluding hydrogens is 318 g/mol. The summed E-state index contributed by atoms with van der Waals surface area (Å²) in [6, 6.07) is 0. The molecule has 0 unspecified atom stereocenters. The van der Waals surface area contributed by atoms with Crippen LogP contribution in [0.5, 0.6) is 0 Å². The number of hydrogen-bond acceptors (Lipinski definition) is 5. The SMILES string of the molecule is CCn1cc(CN2CCCN(C(=O)Cc3c(C)noc3C)CC2)cn1. The molecule has 0 atom stereocenters. The van der Waals surface area contributed by atoms with Crippen LogP contribution in [-0.2, 0) is 24.3 Å². The Kier molecular flexibility index (Phi) is 5.53.